The van der Waals surface area contributed by atoms with Crippen LogP contribution in [0.3, 0.4) is 0 Å². The van der Waals surface area contributed by atoms with Crippen LogP contribution >= 0.6 is 23.5 Å². The lowest BCUT2D eigenvalue weighted by molar-refractivity contribution is 2.42. The second kappa shape index (κ2) is 2.37. The molecule has 0 radical (unpaired) electrons. The molecule has 0 saturated heterocycles. The Morgan fingerprint density at radius 3 is 1.17 bits per heavy atom. The van der Waals surface area contributed by atoms with Gasteiger partial charge in [0.25, 0.3) is 0 Å². The van der Waals surface area contributed by atoms with Crippen LogP contribution in [0, 0.1) is 0 Å². The van der Waals surface area contributed by atoms with Gasteiger partial charge in [-0.1, -0.05) is 0 Å². The summed E-state index contributed by atoms with van der Waals surface area (Å²) in [5.74, 6) is 0. The van der Waals surface area contributed by atoms with Crippen molar-refractivity contribution in [3.63, 3.8) is 0 Å². The van der Waals surface area contributed by atoms with Gasteiger partial charge in [-0.2, -0.15) is 0 Å². The van der Waals surface area contributed by atoms with Crippen molar-refractivity contribution < 1.29 is 0 Å². The normalized spacial score (nSPS) is 18.7. The van der Waals surface area contributed by atoms with Gasteiger partial charge in [-0.05, 0) is 21.6 Å². The fourth-order valence-electron chi connectivity index (χ4n) is 0.219. The zero-order chi connectivity index (χ0) is 4.24. The second-order valence-corrected chi connectivity index (χ2v) is 2.45. The van der Waals surface area contributed by atoms with E-state index in [9.17, 15) is 0 Å². The summed E-state index contributed by atoms with van der Waals surface area (Å²) in [7, 11) is 0. The summed E-state index contributed by atoms with van der Waals surface area (Å²) >= 11 is 3.43. The molecule has 1 aliphatic heterocycles. The van der Waals surface area contributed by atoms with Gasteiger partial charge in [-0.25, -0.2) is 0 Å². The standard InChI is InChI=1S/C4H4S2/c1-2-6-4-3-5-1/h1-4H. The van der Waals surface area contributed by atoms with Crippen molar-refractivity contribution in [1.82, 2.24) is 0 Å². The molecule has 0 N–H and O–H groups in total. The summed E-state index contributed by atoms with van der Waals surface area (Å²) in [6.07, 6.45) is 0. The molecule has 2 heteroatoms. The van der Waals surface area contributed by atoms with E-state index in [1.165, 1.54) is 0 Å². The van der Waals surface area contributed by atoms with E-state index in [1.54, 1.807) is 23.5 Å². The highest BCUT2D eigenvalue weighted by atomic mass is 32.2. The van der Waals surface area contributed by atoms with Crippen LogP contribution < -0.4 is 0 Å². The Labute approximate surface area is 45.7 Å². The number of thioether (sulfide) groups is 2. The van der Waals surface area contributed by atoms with Crippen molar-refractivity contribution >= 4 is 23.5 Å². The van der Waals surface area contributed by atoms with Gasteiger partial charge in [0.2, 0.25) is 0 Å². The topological polar surface area (TPSA) is 0 Å². The third-order valence-corrected chi connectivity index (χ3v) is 1.94. The van der Waals surface area contributed by atoms with E-state index < -0.39 is 0 Å². The molecule has 1 aliphatic rings. The van der Waals surface area contributed by atoms with Gasteiger partial charge in [-0.3, -0.25) is 0 Å². The van der Waals surface area contributed by atoms with Crippen LogP contribution in [0.1, 0.15) is 0 Å². The van der Waals surface area contributed by atoms with Gasteiger partial charge in [0, 0.05) is 0 Å². The highest BCUT2D eigenvalue weighted by Gasteiger charge is 1.76. The predicted octanol–water partition coefficient (Wildman–Crippen LogP) is 2.41. The predicted molar refractivity (Wildman–Crippen MR) is 33.5 cm³/mol. The molecule has 32 valence electrons. The molecule has 0 aromatic heterocycles. The number of hydrogen-bond acceptors (Lipinski definition) is 2. The van der Waals surface area contributed by atoms with Crippen LogP contribution in [-0.4, -0.2) is 0 Å². The van der Waals surface area contributed by atoms with Gasteiger partial charge >= 0.3 is 0 Å². The lowest BCUT2D eigenvalue weighted by Crippen LogP contribution is -1.49. The van der Waals surface area contributed by atoms with Crippen LogP contribution in [0.2, 0.25) is 0 Å². The Hall–Kier alpha value is 0.180. The van der Waals surface area contributed by atoms with Crippen LogP contribution in [0.4, 0.5) is 0 Å². The first kappa shape index (κ1) is 4.34. The van der Waals surface area contributed by atoms with Crippen molar-refractivity contribution in [3.8, 4) is 0 Å². The molecule has 0 bridgehead atoms. The molecule has 0 aromatic carbocycles. The van der Waals surface area contributed by atoms with Gasteiger partial charge in [0.05, 0.1) is 0 Å². The molecular formula is C4H4S2. The molecule has 0 aliphatic carbocycles. The van der Waals surface area contributed by atoms with Crippen molar-refractivity contribution in [1.29, 1.82) is 0 Å². The smallest absolute Gasteiger partial charge is 0.0181 e. The first-order valence-electron chi connectivity index (χ1n) is 1.61. The highest BCUT2D eigenvalue weighted by molar-refractivity contribution is 8.11. The van der Waals surface area contributed by atoms with E-state index in [2.05, 4.69) is 21.6 Å². The SMILES string of the molecule is C1=CSC=CS1. The van der Waals surface area contributed by atoms with Gasteiger partial charge in [0.15, 0.2) is 0 Å². The molecule has 1 heterocycles. The first-order valence-corrected chi connectivity index (χ1v) is 3.50. The Morgan fingerprint density at radius 2 is 1.00 bits per heavy atom. The van der Waals surface area contributed by atoms with Crippen molar-refractivity contribution in [2.75, 3.05) is 0 Å². The molecule has 0 amide bonds. The Balaban J connectivity index is 2.40. The molecule has 0 fully saturated rings. The fourth-order valence-corrected chi connectivity index (χ4v) is 1.43. The monoisotopic (exact) mass is 116 g/mol. The molecule has 0 aromatic rings. The second-order valence-electron chi connectivity index (χ2n) is 0.816. The largest absolute Gasteiger partial charge is 0.105 e. The Bertz CT molecular complexity index is 63.5. The molecule has 1 rings (SSSR count). The Kier molecular flexibility index (Phi) is 1.71. The Morgan fingerprint density at radius 1 is 0.667 bits per heavy atom. The lowest BCUT2D eigenvalue weighted by Gasteiger charge is -1.86. The lowest BCUT2D eigenvalue weighted by atomic mass is 11.2. The van der Waals surface area contributed by atoms with Gasteiger partial charge < -0.3 is 0 Å². The number of hydrogen-bond donors (Lipinski definition) is 0. The summed E-state index contributed by atoms with van der Waals surface area (Å²) in [4.78, 5) is 0. The van der Waals surface area contributed by atoms with E-state index >= 15 is 0 Å². The van der Waals surface area contributed by atoms with E-state index in [-0.39, 0.29) is 0 Å². The molecule has 0 saturated carbocycles. The molecule has 0 atom stereocenters. The molecule has 6 heavy (non-hydrogen) atoms. The summed E-state index contributed by atoms with van der Waals surface area (Å²) in [6, 6.07) is 0. The summed E-state index contributed by atoms with van der Waals surface area (Å²) in [5.41, 5.74) is 0. The van der Waals surface area contributed by atoms with E-state index in [0.29, 0.717) is 0 Å². The van der Waals surface area contributed by atoms with Crippen molar-refractivity contribution in [3.05, 3.63) is 21.6 Å². The molecule has 0 spiro atoms. The molecule has 0 nitrogen and oxygen atoms in total. The van der Waals surface area contributed by atoms with Gasteiger partial charge in [0.1, 0.15) is 0 Å². The molecular weight excluding hydrogens is 112 g/mol. The quantitative estimate of drug-likeness (QED) is 0.476. The van der Waals surface area contributed by atoms with Crippen LogP contribution in [0.5, 0.6) is 0 Å². The van der Waals surface area contributed by atoms with E-state index in [4.69, 9.17) is 0 Å². The molecule has 0 unspecified atom stereocenters. The van der Waals surface area contributed by atoms with Crippen LogP contribution in [-0.2, 0) is 0 Å². The summed E-state index contributed by atoms with van der Waals surface area (Å²) < 4.78 is 0. The highest BCUT2D eigenvalue weighted by Crippen LogP contribution is 2.18. The van der Waals surface area contributed by atoms with Crippen molar-refractivity contribution in [2.45, 2.75) is 0 Å². The fraction of sp³-hybridized carbons (Fsp3) is 0. The zero-order valence-electron chi connectivity index (χ0n) is 3.13. The van der Waals surface area contributed by atoms with Crippen LogP contribution in [0.15, 0.2) is 21.6 Å². The maximum atomic E-state index is 2.06. The zero-order valence-corrected chi connectivity index (χ0v) is 4.76. The minimum atomic E-state index is 1.71. The van der Waals surface area contributed by atoms with Crippen LogP contribution in [0.25, 0.3) is 0 Å². The first-order chi connectivity index (χ1) is 3.00. The third-order valence-electron chi connectivity index (χ3n) is 0.425. The average molecular weight is 116 g/mol. The van der Waals surface area contributed by atoms with E-state index in [0.717, 1.165) is 0 Å². The summed E-state index contributed by atoms with van der Waals surface area (Å²) in [6.45, 7) is 0. The average Bonchev–Trinajstić information content (AvgIpc) is 1.72. The van der Waals surface area contributed by atoms with Crippen molar-refractivity contribution in [2.24, 2.45) is 0 Å². The minimum absolute atomic E-state index is 1.71. The minimum Gasteiger partial charge on any atom is -0.105 e. The third kappa shape index (κ3) is 1.11. The van der Waals surface area contributed by atoms with Gasteiger partial charge in [-0.15, -0.1) is 23.5 Å². The van der Waals surface area contributed by atoms with E-state index in [1.807, 2.05) is 0 Å². The summed E-state index contributed by atoms with van der Waals surface area (Å²) in [5, 5.41) is 8.24. The maximum Gasteiger partial charge on any atom is -0.0181 e. The number of rotatable bonds is 0. The maximum absolute atomic E-state index is 2.06.